The highest BCUT2D eigenvalue weighted by molar-refractivity contribution is 7.99. The van der Waals surface area contributed by atoms with Crippen molar-refractivity contribution in [3.8, 4) is 5.75 Å². The summed E-state index contributed by atoms with van der Waals surface area (Å²) in [6.07, 6.45) is 3.19. The number of hydrogen-bond acceptors (Lipinski definition) is 7. The van der Waals surface area contributed by atoms with Gasteiger partial charge in [-0.05, 0) is 81.2 Å². The first-order valence-electron chi connectivity index (χ1n) is 14.3. The highest BCUT2D eigenvalue weighted by atomic mass is 32.2. The standard InChI is InChI=1S/C33H32FNO5S/c1-2-39-19-10-13-21(14-11-19)41-27-17-25(33(38)40-20-12-15-22-18(16-20)6-5-9-26(22)34)30(35)29-28(27)31(36)23-7-3-4-8-24(23)32(29)37/h3-4,7-8,10-11,13-14,17-18,20,22,26H,2,5-6,9,12,15-16,35H2,1H3. The molecule has 0 aliphatic heterocycles. The first kappa shape index (κ1) is 27.5. The number of carbonyl (C=O) groups is 3. The highest BCUT2D eigenvalue weighted by Gasteiger charge is 2.40. The summed E-state index contributed by atoms with van der Waals surface area (Å²) in [5, 5.41) is 0. The summed E-state index contributed by atoms with van der Waals surface area (Å²) >= 11 is 1.28. The lowest BCUT2D eigenvalue weighted by Gasteiger charge is -2.40. The Bertz CT molecular complexity index is 1520. The fraction of sp³-hybridized carbons (Fsp3) is 0.364. The van der Waals surface area contributed by atoms with Crippen LogP contribution in [0.2, 0.25) is 0 Å². The van der Waals surface area contributed by atoms with Crippen molar-refractivity contribution in [1.82, 2.24) is 0 Å². The van der Waals surface area contributed by atoms with Crippen molar-refractivity contribution in [2.24, 2.45) is 11.8 Å². The molecule has 0 amide bonds. The lowest BCUT2D eigenvalue weighted by molar-refractivity contribution is -0.0172. The van der Waals surface area contributed by atoms with Gasteiger partial charge in [-0.2, -0.15) is 0 Å². The second-order valence-corrected chi connectivity index (χ2v) is 12.1. The number of carbonyl (C=O) groups excluding carboxylic acids is 3. The number of ketones is 2. The zero-order valence-electron chi connectivity index (χ0n) is 22.9. The molecule has 0 heterocycles. The Labute approximate surface area is 242 Å². The van der Waals surface area contributed by atoms with Gasteiger partial charge in [0.15, 0.2) is 11.6 Å². The SMILES string of the molecule is CCOc1ccc(Sc2cc(C(=O)OC3CCC4C(F)CCCC4C3)c(N)c3c2C(=O)c2ccccc2C3=O)cc1. The zero-order chi connectivity index (χ0) is 28.7. The zero-order valence-corrected chi connectivity index (χ0v) is 23.7. The van der Waals surface area contributed by atoms with Crippen LogP contribution in [-0.2, 0) is 4.74 Å². The molecule has 3 aromatic carbocycles. The van der Waals surface area contributed by atoms with Crippen LogP contribution in [-0.4, -0.2) is 36.4 Å². The summed E-state index contributed by atoms with van der Waals surface area (Å²) in [5.74, 6) is -0.387. The van der Waals surface area contributed by atoms with Crippen LogP contribution in [0.25, 0.3) is 0 Å². The van der Waals surface area contributed by atoms with Crippen LogP contribution in [0.5, 0.6) is 5.75 Å². The molecule has 0 spiro atoms. The molecular weight excluding hydrogens is 541 g/mol. The number of esters is 1. The molecule has 0 radical (unpaired) electrons. The number of ether oxygens (including phenoxy) is 2. The van der Waals surface area contributed by atoms with E-state index in [0.29, 0.717) is 48.5 Å². The number of nitrogens with two attached hydrogens (primary N) is 1. The number of rotatable bonds is 6. The van der Waals surface area contributed by atoms with Crippen LogP contribution >= 0.6 is 11.8 Å². The van der Waals surface area contributed by atoms with Gasteiger partial charge in [0.25, 0.3) is 0 Å². The minimum absolute atomic E-state index is 0.0350. The average Bonchev–Trinajstić information content (AvgIpc) is 2.97. The number of fused-ring (bicyclic) bond motifs is 3. The third kappa shape index (κ3) is 5.14. The number of alkyl halides is 1. The lowest BCUT2D eigenvalue weighted by Crippen LogP contribution is -2.38. The van der Waals surface area contributed by atoms with Gasteiger partial charge < -0.3 is 15.2 Å². The Hall–Kier alpha value is -3.65. The van der Waals surface area contributed by atoms with E-state index >= 15 is 0 Å². The maximum atomic E-state index is 14.5. The molecule has 2 saturated carbocycles. The van der Waals surface area contributed by atoms with E-state index in [1.54, 1.807) is 30.3 Å². The van der Waals surface area contributed by atoms with Crippen molar-refractivity contribution in [2.75, 3.05) is 12.3 Å². The molecule has 0 bridgehead atoms. The third-order valence-electron chi connectivity index (χ3n) is 8.57. The largest absolute Gasteiger partial charge is 0.494 e. The summed E-state index contributed by atoms with van der Waals surface area (Å²) in [4.78, 5) is 42.3. The summed E-state index contributed by atoms with van der Waals surface area (Å²) in [6, 6.07) is 15.6. The normalized spacial score (nSPS) is 23.3. The number of halogens is 1. The van der Waals surface area contributed by atoms with E-state index in [9.17, 15) is 18.8 Å². The van der Waals surface area contributed by atoms with Crippen LogP contribution in [0.4, 0.5) is 10.1 Å². The van der Waals surface area contributed by atoms with Crippen LogP contribution in [0.1, 0.15) is 87.6 Å². The molecule has 2 fully saturated rings. The Morgan fingerprint density at radius 3 is 2.39 bits per heavy atom. The van der Waals surface area contributed by atoms with E-state index in [4.69, 9.17) is 15.2 Å². The predicted molar refractivity (Wildman–Crippen MR) is 155 cm³/mol. The van der Waals surface area contributed by atoms with Crippen LogP contribution in [0.15, 0.2) is 64.4 Å². The monoisotopic (exact) mass is 573 g/mol. The van der Waals surface area contributed by atoms with Gasteiger partial charge >= 0.3 is 5.97 Å². The second-order valence-electron chi connectivity index (χ2n) is 11.0. The van der Waals surface area contributed by atoms with Gasteiger partial charge in [-0.25, -0.2) is 9.18 Å². The summed E-state index contributed by atoms with van der Waals surface area (Å²) in [7, 11) is 0. The van der Waals surface area contributed by atoms with Gasteiger partial charge in [-0.15, -0.1) is 0 Å². The molecule has 2 N–H and O–H groups in total. The summed E-state index contributed by atoms with van der Waals surface area (Å²) in [5.41, 5.74) is 7.32. The third-order valence-corrected chi connectivity index (χ3v) is 9.62. The molecule has 41 heavy (non-hydrogen) atoms. The van der Waals surface area contributed by atoms with Crippen molar-refractivity contribution >= 4 is 35.0 Å². The van der Waals surface area contributed by atoms with Gasteiger partial charge in [0, 0.05) is 26.5 Å². The maximum absolute atomic E-state index is 14.5. The van der Waals surface area contributed by atoms with Gasteiger partial charge in [-0.3, -0.25) is 9.59 Å². The molecule has 6 rings (SSSR count). The van der Waals surface area contributed by atoms with Gasteiger partial charge in [0.1, 0.15) is 18.0 Å². The van der Waals surface area contributed by atoms with E-state index in [1.165, 1.54) is 11.8 Å². The van der Waals surface area contributed by atoms with Crippen molar-refractivity contribution in [3.63, 3.8) is 0 Å². The molecule has 3 aliphatic rings. The molecule has 8 heteroatoms. The molecule has 3 aromatic rings. The fourth-order valence-corrected chi connectivity index (χ4v) is 7.59. The van der Waals surface area contributed by atoms with Crippen molar-refractivity contribution < 1.29 is 28.2 Å². The van der Waals surface area contributed by atoms with E-state index in [0.717, 1.165) is 17.7 Å². The van der Waals surface area contributed by atoms with E-state index < -0.39 is 17.9 Å². The smallest absolute Gasteiger partial charge is 0.340 e. The van der Waals surface area contributed by atoms with Gasteiger partial charge in [-0.1, -0.05) is 42.4 Å². The Morgan fingerprint density at radius 2 is 1.68 bits per heavy atom. The highest BCUT2D eigenvalue weighted by Crippen LogP contribution is 2.44. The summed E-state index contributed by atoms with van der Waals surface area (Å²) in [6.45, 7) is 2.44. The van der Waals surface area contributed by atoms with Crippen LogP contribution < -0.4 is 10.5 Å². The van der Waals surface area contributed by atoms with E-state index in [2.05, 4.69) is 0 Å². The Kier molecular flexibility index (Phi) is 7.60. The number of anilines is 1. The first-order valence-corrected chi connectivity index (χ1v) is 15.1. The minimum Gasteiger partial charge on any atom is -0.494 e. The number of benzene rings is 3. The molecule has 6 nitrogen and oxygen atoms in total. The molecule has 4 atom stereocenters. The number of nitrogen functional groups attached to an aromatic ring is 1. The molecule has 212 valence electrons. The van der Waals surface area contributed by atoms with Crippen LogP contribution in [0, 0.1) is 11.8 Å². The van der Waals surface area contributed by atoms with Crippen molar-refractivity contribution in [3.05, 3.63) is 82.4 Å². The predicted octanol–water partition coefficient (Wildman–Crippen LogP) is 7.06. The van der Waals surface area contributed by atoms with E-state index in [-0.39, 0.29) is 51.7 Å². The Balaban J connectivity index is 1.36. The molecule has 0 saturated heterocycles. The minimum atomic E-state index is -0.782. The summed E-state index contributed by atoms with van der Waals surface area (Å²) < 4.78 is 25.9. The molecule has 3 aliphatic carbocycles. The maximum Gasteiger partial charge on any atom is 0.340 e. The van der Waals surface area contributed by atoms with E-state index in [1.807, 2.05) is 31.2 Å². The van der Waals surface area contributed by atoms with Gasteiger partial charge in [0.05, 0.1) is 23.4 Å². The number of hydrogen-bond donors (Lipinski definition) is 1. The molecule has 4 unspecified atom stereocenters. The molecule has 0 aromatic heterocycles. The average molecular weight is 574 g/mol. The quantitative estimate of drug-likeness (QED) is 0.195. The van der Waals surface area contributed by atoms with Gasteiger partial charge in [0.2, 0.25) is 0 Å². The fourth-order valence-electron chi connectivity index (χ4n) is 6.59. The molecular formula is C33H32FNO5S. The lowest BCUT2D eigenvalue weighted by atomic mass is 9.69. The van der Waals surface area contributed by atoms with Crippen LogP contribution in [0.3, 0.4) is 0 Å². The van der Waals surface area contributed by atoms with Crippen molar-refractivity contribution in [1.29, 1.82) is 0 Å². The second kappa shape index (κ2) is 11.3. The van der Waals surface area contributed by atoms with Crippen molar-refractivity contribution in [2.45, 2.75) is 67.5 Å². The topological polar surface area (TPSA) is 95.7 Å². The first-order chi connectivity index (χ1) is 19.9. The Morgan fingerprint density at radius 1 is 0.976 bits per heavy atom.